The number of fused-ring (bicyclic) bond motifs is 1. The van der Waals surface area contributed by atoms with Crippen LogP contribution in [0.2, 0.25) is 0 Å². The molecular weight excluding hydrogens is 406 g/mol. The minimum atomic E-state index is -0.246. The second-order valence-electron chi connectivity index (χ2n) is 8.83. The van der Waals surface area contributed by atoms with Gasteiger partial charge < -0.3 is 9.88 Å². The Morgan fingerprint density at radius 1 is 0.818 bits per heavy atom. The third kappa shape index (κ3) is 4.61. The van der Waals surface area contributed by atoms with E-state index >= 15 is 0 Å². The first-order valence-corrected chi connectivity index (χ1v) is 11.7. The third-order valence-corrected chi connectivity index (χ3v) is 6.56. The molecule has 1 N–H and O–H groups in total. The van der Waals surface area contributed by atoms with Crippen LogP contribution in [-0.4, -0.2) is 15.5 Å². The van der Waals surface area contributed by atoms with Gasteiger partial charge in [-0.2, -0.15) is 0 Å². The van der Waals surface area contributed by atoms with Crippen molar-refractivity contribution in [2.45, 2.75) is 44.7 Å². The molecule has 0 saturated heterocycles. The average molecular weight is 436 g/mol. The Hall–Kier alpha value is -3.66. The Morgan fingerprint density at radius 2 is 1.39 bits per heavy atom. The summed E-state index contributed by atoms with van der Waals surface area (Å²) in [4.78, 5) is 18.5. The molecule has 0 bridgehead atoms. The maximum atomic E-state index is 13.3. The van der Waals surface area contributed by atoms with Crippen molar-refractivity contribution in [3.8, 4) is 0 Å². The lowest BCUT2D eigenvalue weighted by Gasteiger charge is -2.32. The highest BCUT2D eigenvalue weighted by Crippen LogP contribution is 2.32. The van der Waals surface area contributed by atoms with Gasteiger partial charge in [-0.15, -0.1) is 0 Å². The number of hydrogen-bond donors (Lipinski definition) is 1. The van der Waals surface area contributed by atoms with Gasteiger partial charge in [-0.25, -0.2) is 4.98 Å². The number of carbonyl (C=O) groups is 1. The van der Waals surface area contributed by atoms with Crippen LogP contribution in [0.5, 0.6) is 0 Å². The van der Waals surface area contributed by atoms with Crippen molar-refractivity contribution >= 4 is 5.91 Å². The quantitative estimate of drug-likeness (QED) is 0.424. The first kappa shape index (κ1) is 21.2. The number of aryl methyl sites for hydroxylation is 1. The van der Waals surface area contributed by atoms with Gasteiger partial charge >= 0.3 is 0 Å². The summed E-state index contributed by atoms with van der Waals surface area (Å²) >= 11 is 0. The zero-order chi connectivity index (χ0) is 22.6. The molecule has 4 aromatic rings. The lowest BCUT2D eigenvalue weighted by Crippen LogP contribution is -2.43. The Balaban J connectivity index is 1.49. The summed E-state index contributed by atoms with van der Waals surface area (Å²) in [6.45, 7) is 2.11. The van der Waals surface area contributed by atoms with Crippen molar-refractivity contribution < 1.29 is 4.79 Å². The Morgan fingerprint density at radius 3 is 2.03 bits per heavy atom. The van der Waals surface area contributed by atoms with E-state index in [-0.39, 0.29) is 18.0 Å². The van der Waals surface area contributed by atoms with Gasteiger partial charge in [0.15, 0.2) is 0 Å². The van der Waals surface area contributed by atoms with Gasteiger partial charge in [-0.3, -0.25) is 4.79 Å². The van der Waals surface area contributed by atoms with Gasteiger partial charge in [0.1, 0.15) is 11.9 Å². The Kier molecular flexibility index (Phi) is 6.07. The molecule has 166 valence electrons. The van der Waals surface area contributed by atoms with Crippen molar-refractivity contribution in [1.82, 2.24) is 14.9 Å². The van der Waals surface area contributed by atoms with Crippen molar-refractivity contribution in [3.63, 3.8) is 0 Å². The van der Waals surface area contributed by atoms with Crippen molar-refractivity contribution in [2.24, 2.45) is 0 Å². The monoisotopic (exact) mass is 435 g/mol. The number of nitrogens with one attached hydrogen (secondary N) is 1. The normalized spacial score (nSPS) is 17.4. The summed E-state index contributed by atoms with van der Waals surface area (Å²) in [6.07, 6.45) is 3.11. The number of hydrogen-bond acceptors (Lipinski definition) is 2. The fourth-order valence-electron chi connectivity index (χ4n) is 4.83. The highest BCUT2D eigenvalue weighted by atomic mass is 16.2. The van der Waals surface area contributed by atoms with Crippen LogP contribution >= 0.6 is 0 Å². The summed E-state index contributed by atoms with van der Waals surface area (Å²) in [5.74, 6) is 1.06. The fourth-order valence-corrected chi connectivity index (χ4v) is 4.83. The van der Waals surface area contributed by atoms with Crippen LogP contribution in [0.4, 0.5) is 0 Å². The second-order valence-corrected chi connectivity index (χ2v) is 8.83. The zero-order valence-electron chi connectivity index (χ0n) is 18.9. The van der Waals surface area contributed by atoms with Crippen molar-refractivity contribution in [1.29, 1.82) is 0 Å². The predicted octanol–water partition coefficient (Wildman–Crippen LogP) is 5.37. The van der Waals surface area contributed by atoms with Crippen molar-refractivity contribution in [2.75, 3.05) is 0 Å². The van der Waals surface area contributed by atoms with E-state index < -0.39 is 0 Å². The molecule has 1 aliphatic heterocycles. The summed E-state index contributed by atoms with van der Waals surface area (Å²) in [7, 11) is 0. The SMILES string of the molecule is Cc1c(Cc2ccccc2)nc2n1C(CCc1ccccc1)C(=O)NC2Cc1ccccc1. The fraction of sp³-hybridized carbons (Fsp3) is 0.241. The van der Waals surface area contributed by atoms with Crippen LogP contribution in [-0.2, 0) is 24.1 Å². The van der Waals surface area contributed by atoms with E-state index in [1.807, 2.05) is 30.3 Å². The van der Waals surface area contributed by atoms with E-state index in [4.69, 9.17) is 4.98 Å². The molecule has 5 rings (SSSR count). The van der Waals surface area contributed by atoms with Gasteiger partial charge in [0.05, 0.1) is 11.7 Å². The summed E-state index contributed by atoms with van der Waals surface area (Å²) in [5.41, 5.74) is 5.83. The molecule has 4 nitrogen and oxygen atoms in total. The number of imidazole rings is 1. The van der Waals surface area contributed by atoms with Crippen LogP contribution in [0.15, 0.2) is 91.0 Å². The molecule has 0 saturated carbocycles. The van der Waals surface area contributed by atoms with E-state index in [1.54, 1.807) is 0 Å². The topological polar surface area (TPSA) is 46.9 Å². The van der Waals surface area contributed by atoms with Gasteiger partial charge in [0.2, 0.25) is 5.91 Å². The number of carbonyl (C=O) groups excluding carboxylic acids is 1. The standard InChI is InChI=1S/C29H29N3O/c1-21-25(19-23-13-7-3-8-14-23)30-28-26(20-24-15-9-4-10-16-24)31-29(33)27(32(21)28)18-17-22-11-5-2-6-12-22/h2-16,26-27H,17-20H2,1H3,(H,31,33). The van der Waals surface area contributed by atoms with Gasteiger partial charge in [-0.1, -0.05) is 91.0 Å². The minimum absolute atomic E-state index is 0.0890. The number of aromatic nitrogens is 2. The second kappa shape index (κ2) is 9.45. The predicted molar refractivity (Wildman–Crippen MR) is 131 cm³/mol. The number of rotatable bonds is 7. The van der Waals surface area contributed by atoms with Gasteiger partial charge in [0, 0.05) is 12.1 Å². The van der Waals surface area contributed by atoms with E-state index in [0.717, 1.165) is 42.9 Å². The van der Waals surface area contributed by atoms with Crippen LogP contribution in [0.25, 0.3) is 0 Å². The molecule has 0 radical (unpaired) electrons. The van der Waals surface area contributed by atoms with Crippen LogP contribution in [0.1, 0.15) is 52.4 Å². The molecule has 3 aromatic carbocycles. The van der Waals surface area contributed by atoms with E-state index in [2.05, 4.69) is 77.5 Å². The summed E-state index contributed by atoms with van der Waals surface area (Å²) in [6, 6.07) is 30.8. The molecule has 0 spiro atoms. The highest BCUT2D eigenvalue weighted by Gasteiger charge is 2.36. The summed E-state index contributed by atoms with van der Waals surface area (Å²) in [5, 5.41) is 3.29. The molecule has 2 atom stereocenters. The van der Waals surface area contributed by atoms with Gasteiger partial charge in [-0.05, 0) is 42.9 Å². The number of nitrogens with zero attached hydrogens (tertiary/aromatic N) is 2. The lowest BCUT2D eigenvalue weighted by atomic mass is 9.98. The number of benzene rings is 3. The number of amides is 1. The molecule has 33 heavy (non-hydrogen) atoms. The molecule has 4 heteroatoms. The molecule has 0 aliphatic carbocycles. The Bertz CT molecular complexity index is 1220. The maximum absolute atomic E-state index is 13.3. The molecule has 1 aromatic heterocycles. The van der Waals surface area contributed by atoms with Crippen molar-refractivity contribution in [3.05, 3.63) is 125 Å². The highest BCUT2D eigenvalue weighted by molar-refractivity contribution is 5.82. The van der Waals surface area contributed by atoms with Crippen LogP contribution in [0, 0.1) is 6.92 Å². The first-order valence-electron chi connectivity index (χ1n) is 11.7. The van der Waals surface area contributed by atoms with E-state index in [9.17, 15) is 4.79 Å². The molecular formula is C29H29N3O. The first-order chi connectivity index (χ1) is 16.2. The molecule has 1 aliphatic rings. The Labute approximate surface area is 195 Å². The largest absolute Gasteiger partial charge is 0.344 e. The van der Waals surface area contributed by atoms with Crippen LogP contribution < -0.4 is 5.32 Å². The summed E-state index contributed by atoms with van der Waals surface area (Å²) < 4.78 is 2.22. The minimum Gasteiger partial charge on any atom is -0.344 e. The molecule has 1 amide bonds. The third-order valence-electron chi connectivity index (χ3n) is 6.56. The van der Waals surface area contributed by atoms with Gasteiger partial charge in [0.25, 0.3) is 0 Å². The van der Waals surface area contributed by atoms with E-state index in [0.29, 0.717) is 0 Å². The molecule has 2 unspecified atom stereocenters. The molecule has 2 heterocycles. The van der Waals surface area contributed by atoms with Crippen LogP contribution in [0.3, 0.4) is 0 Å². The smallest absolute Gasteiger partial charge is 0.243 e. The zero-order valence-corrected chi connectivity index (χ0v) is 18.9. The molecule has 0 fully saturated rings. The average Bonchev–Trinajstić information content (AvgIpc) is 3.17. The van der Waals surface area contributed by atoms with E-state index in [1.165, 1.54) is 16.7 Å². The maximum Gasteiger partial charge on any atom is 0.243 e. The lowest BCUT2D eigenvalue weighted by molar-refractivity contribution is -0.126.